The Kier molecular flexibility index (Phi) is 12.6. The van der Waals surface area contributed by atoms with Gasteiger partial charge >= 0.3 is 315 Å². The van der Waals surface area contributed by atoms with Gasteiger partial charge in [-0.3, -0.25) is 0 Å². The molecule has 0 nitrogen and oxygen atoms in total. The molecule has 3 atom stereocenters. The van der Waals surface area contributed by atoms with Gasteiger partial charge in [0.25, 0.3) is 0 Å². The average molecular weight is 843 g/mol. The molecule has 0 radical (unpaired) electrons. The molecule has 0 N–H and O–H groups in total. The Bertz CT molecular complexity index is 2060. The van der Waals surface area contributed by atoms with E-state index in [9.17, 15) is 0 Å². The summed E-state index contributed by atoms with van der Waals surface area (Å²) in [5.74, 6) is 2.14. The van der Waals surface area contributed by atoms with E-state index in [4.69, 9.17) is 0 Å². The first-order chi connectivity index (χ1) is 24.2. The Hall–Kier alpha value is -1.96. The third-order valence-electron chi connectivity index (χ3n) is 13.5. The maximum atomic E-state index is 2.85. The van der Waals surface area contributed by atoms with Crippen LogP contribution in [0.15, 0.2) is 96.1 Å². The molecule has 0 bridgehead atoms. The SMILES string of the molecule is CCC1=Cc2c(-c3ccc(C(C)CC)cc3)cccc2[CH]1[Zr]([CH3])([CH3])(=[SiH2])[CH]1C(C2CCC(C)CC2)=Cc2c(-c3ccc(C(C)(C)C)cc3)cccc21.Cl.Cl. The van der Waals surface area contributed by atoms with E-state index in [-0.39, 0.29) is 30.2 Å². The number of allylic oxidation sites excluding steroid dienone is 2. The predicted octanol–water partition coefficient (Wildman–Crippen LogP) is 14.8. The zero-order valence-electron chi connectivity index (χ0n) is 33.9. The van der Waals surface area contributed by atoms with Gasteiger partial charge in [-0.1, -0.05) is 0 Å². The van der Waals surface area contributed by atoms with Crippen LogP contribution in [0, 0.1) is 11.8 Å². The second kappa shape index (κ2) is 15.9. The van der Waals surface area contributed by atoms with Gasteiger partial charge in [-0.15, -0.1) is 24.8 Å². The van der Waals surface area contributed by atoms with Crippen molar-refractivity contribution in [1.29, 1.82) is 0 Å². The molecule has 3 aliphatic rings. The standard InChI is InChI=1S/C26H31.C21H23.2CH3.2ClH.H2Si.Zr/c1-18-8-10-19(11-9-18)22-16-21-6-5-7-24(25(21)17-22)20-12-14-23(15-13-20)26(2,3)4;1-4-15(3)17-9-11-18(12-10-17)20-8-6-7-19-13-16(5-2)14-21(19)20;;;;;;/h5-7,12-19H,8-11H2,1-4H3;6-15H,4-5H2,1-3H3;2*1H3;2*1H;1H2;. The number of rotatable bonds is 8. The molecule has 0 spiro atoms. The molecule has 4 aromatic rings. The number of hydrogen-bond donors (Lipinski definition) is 0. The summed E-state index contributed by atoms with van der Waals surface area (Å²) < 4.78 is 6.79. The first kappa shape index (κ1) is 42.2. The van der Waals surface area contributed by atoms with Crippen LogP contribution in [0.25, 0.3) is 34.4 Å². The Morgan fingerprint density at radius 3 is 1.72 bits per heavy atom. The third-order valence-corrected chi connectivity index (χ3v) is 30.9. The normalized spacial score (nSPS) is 21.8. The van der Waals surface area contributed by atoms with Gasteiger partial charge < -0.3 is 0 Å². The summed E-state index contributed by atoms with van der Waals surface area (Å²) >= 11 is -3.77. The molecule has 1 saturated carbocycles. The van der Waals surface area contributed by atoms with Crippen LogP contribution in [0.2, 0.25) is 9.26 Å². The molecule has 3 unspecified atom stereocenters. The molecule has 0 aliphatic heterocycles. The molecule has 7 rings (SSSR count). The topological polar surface area (TPSA) is 0 Å². The molecule has 282 valence electrons. The van der Waals surface area contributed by atoms with E-state index < -0.39 is 17.4 Å². The maximum absolute atomic E-state index is 3.77. The summed E-state index contributed by atoms with van der Waals surface area (Å²) in [5, 5.41) is 0. The van der Waals surface area contributed by atoms with Crippen molar-refractivity contribution in [2.24, 2.45) is 11.8 Å². The molecular weight excluding hydrogens is 779 g/mol. The number of halogens is 2. The summed E-state index contributed by atoms with van der Waals surface area (Å²) in [5.41, 5.74) is 18.3. The predicted molar refractivity (Wildman–Crippen MR) is 239 cm³/mol. The third kappa shape index (κ3) is 7.75. The largest absolute Gasteiger partial charge is 0.147 e. The van der Waals surface area contributed by atoms with Crippen LogP contribution in [0.1, 0.15) is 134 Å². The van der Waals surface area contributed by atoms with E-state index in [0.29, 0.717) is 19.1 Å². The minimum Gasteiger partial charge on any atom is -0.147 e. The Labute approximate surface area is 337 Å². The Morgan fingerprint density at radius 1 is 0.698 bits per heavy atom. The fourth-order valence-corrected chi connectivity index (χ4v) is 30.2. The van der Waals surface area contributed by atoms with E-state index in [0.717, 1.165) is 12.3 Å². The van der Waals surface area contributed by atoms with Crippen LogP contribution in [0.3, 0.4) is 0 Å². The zero-order chi connectivity index (χ0) is 36.3. The van der Waals surface area contributed by atoms with Gasteiger partial charge in [0.2, 0.25) is 0 Å². The minimum absolute atomic E-state index is 0. The molecule has 0 amide bonds. The fraction of sp³-hybridized carbons (Fsp3) is 0.429. The molecule has 4 aromatic carbocycles. The van der Waals surface area contributed by atoms with Gasteiger partial charge in [0.1, 0.15) is 0 Å². The van der Waals surface area contributed by atoms with Gasteiger partial charge in [-0.25, -0.2) is 0 Å². The van der Waals surface area contributed by atoms with Crippen molar-refractivity contribution in [2.75, 3.05) is 0 Å². The van der Waals surface area contributed by atoms with Crippen LogP contribution < -0.4 is 0 Å². The van der Waals surface area contributed by atoms with Crippen molar-refractivity contribution < 1.29 is 17.4 Å². The number of fused-ring (bicyclic) bond motifs is 2. The van der Waals surface area contributed by atoms with Gasteiger partial charge in [-0.05, 0) is 0 Å². The van der Waals surface area contributed by atoms with E-state index >= 15 is 0 Å². The van der Waals surface area contributed by atoms with Gasteiger partial charge in [0.05, 0.1) is 0 Å². The second-order valence-corrected chi connectivity index (χ2v) is 49.3. The molecule has 0 aromatic heterocycles. The summed E-state index contributed by atoms with van der Waals surface area (Å²) in [7, 11) is 0. The van der Waals surface area contributed by atoms with E-state index in [2.05, 4.69) is 162 Å². The van der Waals surface area contributed by atoms with Crippen LogP contribution in [0.4, 0.5) is 0 Å². The van der Waals surface area contributed by atoms with Gasteiger partial charge in [0, 0.05) is 0 Å². The quantitative estimate of drug-likeness (QED) is 0.155. The molecule has 0 heterocycles. The number of hydrogen-bond acceptors (Lipinski definition) is 0. The monoisotopic (exact) mass is 840 g/mol. The van der Waals surface area contributed by atoms with Gasteiger partial charge in [-0.2, -0.15) is 0 Å². The zero-order valence-corrected chi connectivity index (χ0v) is 39.4. The molecule has 53 heavy (non-hydrogen) atoms. The molecule has 3 aliphatic carbocycles. The van der Waals surface area contributed by atoms with E-state index in [1.54, 1.807) is 22.3 Å². The molecule has 0 saturated heterocycles. The Balaban J connectivity index is 0.00000271. The summed E-state index contributed by atoms with van der Waals surface area (Å²) in [6.45, 7) is 19.0. The first-order valence-corrected chi connectivity index (χ1v) is 33.8. The molecule has 1 fully saturated rings. The molecular formula is C49H64Cl2SiZr. The van der Waals surface area contributed by atoms with Crippen molar-refractivity contribution >= 4 is 43.8 Å². The number of benzene rings is 4. The van der Waals surface area contributed by atoms with Crippen molar-refractivity contribution in [3.05, 3.63) is 129 Å². The van der Waals surface area contributed by atoms with Crippen LogP contribution in [0.5, 0.6) is 0 Å². The van der Waals surface area contributed by atoms with Crippen molar-refractivity contribution in [1.82, 2.24) is 0 Å². The summed E-state index contributed by atoms with van der Waals surface area (Å²) in [4.78, 5) is 0. The smallest absolute Gasteiger partial charge is 0.147 e. The van der Waals surface area contributed by atoms with Crippen molar-refractivity contribution in [3.8, 4) is 22.3 Å². The minimum atomic E-state index is -3.77. The fourth-order valence-electron chi connectivity index (χ4n) is 10.4. The van der Waals surface area contributed by atoms with Crippen molar-refractivity contribution in [2.45, 2.75) is 115 Å². The second-order valence-electron chi connectivity index (χ2n) is 18.9. The van der Waals surface area contributed by atoms with E-state index in [1.807, 2.05) is 0 Å². The van der Waals surface area contributed by atoms with Crippen LogP contribution >= 0.6 is 24.8 Å². The van der Waals surface area contributed by atoms with Crippen molar-refractivity contribution in [3.63, 3.8) is 0 Å². The summed E-state index contributed by atoms with van der Waals surface area (Å²) in [6, 6.07) is 33.6. The van der Waals surface area contributed by atoms with Crippen LogP contribution in [-0.4, -0.2) is 6.88 Å². The maximum Gasteiger partial charge on any atom is -0.147 e. The van der Waals surface area contributed by atoms with Crippen LogP contribution in [-0.2, 0) is 22.8 Å². The van der Waals surface area contributed by atoms with E-state index in [1.165, 1.54) is 76.6 Å². The summed E-state index contributed by atoms with van der Waals surface area (Å²) in [6.07, 6.45) is 13.1. The van der Waals surface area contributed by atoms with Gasteiger partial charge in [0.15, 0.2) is 0 Å². The Morgan fingerprint density at radius 2 is 1.21 bits per heavy atom. The first-order valence-electron chi connectivity index (χ1n) is 20.2. The molecule has 4 heteroatoms. The average Bonchev–Trinajstić information content (AvgIpc) is 3.72.